The summed E-state index contributed by atoms with van der Waals surface area (Å²) in [6.45, 7) is 0.777. The molecule has 1 saturated heterocycles. The fraction of sp³-hybridized carbons (Fsp3) is 0.647. The molecule has 2 nitrogen and oxygen atoms in total. The lowest BCUT2D eigenvalue weighted by molar-refractivity contribution is -0.214. The molecule has 1 heterocycles. The smallest absolute Gasteiger partial charge is 0.348 e. The lowest BCUT2D eigenvalue weighted by atomic mass is 9.80. The molecule has 0 amide bonds. The molecule has 24 heavy (non-hydrogen) atoms. The third-order valence-corrected chi connectivity index (χ3v) is 4.86. The number of rotatable bonds is 2. The Kier molecular flexibility index (Phi) is 5.11. The maximum atomic E-state index is 13.7. The van der Waals surface area contributed by atoms with Crippen LogP contribution in [0.15, 0.2) is 12.1 Å². The molecule has 0 spiro atoms. The standard InChI is InChI=1S/C17H19F5O2/c18-13-6-11(7-14(19)15(13)17(20,21)22)16-23-8-12(9-24-16)10-4-2-1-3-5-10/h6-7,10,12,16H,1-5,8-9H2. The van der Waals surface area contributed by atoms with Crippen molar-refractivity contribution in [2.24, 2.45) is 11.8 Å². The van der Waals surface area contributed by atoms with Gasteiger partial charge in [-0.2, -0.15) is 13.2 Å². The molecule has 0 unspecified atom stereocenters. The van der Waals surface area contributed by atoms with Crippen LogP contribution in [0, 0.1) is 23.5 Å². The predicted octanol–water partition coefficient (Wildman–Crippen LogP) is 5.23. The van der Waals surface area contributed by atoms with Crippen LogP contribution >= 0.6 is 0 Å². The van der Waals surface area contributed by atoms with Gasteiger partial charge in [-0.15, -0.1) is 0 Å². The Balaban J connectivity index is 1.68. The van der Waals surface area contributed by atoms with E-state index in [-0.39, 0.29) is 11.5 Å². The third kappa shape index (κ3) is 3.72. The molecule has 1 aromatic rings. The van der Waals surface area contributed by atoms with Gasteiger partial charge in [0.15, 0.2) is 6.29 Å². The number of ether oxygens (including phenoxy) is 2. The van der Waals surface area contributed by atoms with Crippen LogP contribution in [0.1, 0.15) is 49.5 Å². The number of hydrogen-bond acceptors (Lipinski definition) is 2. The summed E-state index contributed by atoms with van der Waals surface area (Å²) in [5.41, 5.74) is -1.96. The summed E-state index contributed by atoms with van der Waals surface area (Å²) in [5.74, 6) is -2.57. The number of halogens is 5. The molecule has 0 atom stereocenters. The second-order valence-electron chi connectivity index (χ2n) is 6.51. The summed E-state index contributed by atoms with van der Waals surface area (Å²) in [7, 11) is 0. The highest BCUT2D eigenvalue weighted by Crippen LogP contribution is 2.38. The molecule has 134 valence electrons. The lowest BCUT2D eigenvalue weighted by Gasteiger charge is -2.36. The monoisotopic (exact) mass is 350 g/mol. The van der Waals surface area contributed by atoms with Crippen LogP contribution < -0.4 is 0 Å². The molecule has 7 heteroatoms. The first-order chi connectivity index (χ1) is 11.4. The van der Waals surface area contributed by atoms with Crippen LogP contribution in [0.2, 0.25) is 0 Å². The summed E-state index contributed by atoms with van der Waals surface area (Å²) in [4.78, 5) is 0. The van der Waals surface area contributed by atoms with E-state index in [2.05, 4.69) is 0 Å². The van der Waals surface area contributed by atoms with Crippen molar-refractivity contribution < 1.29 is 31.4 Å². The number of benzene rings is 1. The zero-order chi connectivity index (χ0) is 17.3. The highest BCUT2D eigenvalue weighted by Gasteiger charge is 2.39. The number of hydrogen-bond donors (Lipinski definition) is 0. The van der Waals surface area contributed by atoms with Crippen LogP contribution in [-0.4, -0.2) is 13.2 Å². The van der Waals surface area contributed by atoms with E-state index in [1.807, 2.05) is 0 Å². The Morgan fingerprint density at radius 1 is 0.833 bits per heavy atom. The maximum absolute atomic E-state index is 13.7. The van der Waals surface area contributed by atoms with Crippen molar-refractivity contribution in [1.29, 1.82) is 0 Å². The Morgan fingerprint density at radius 3 is 1.88 bits per heavy atom. The molecule has 0 radical (unpaired) electrons. The first-order valence-corrected chi connectivity index (χ1v) is 8.15. The van der Waals surface area contributed by atoms with Gasteiger partial charge in [-0.25, -0.2) is 8.78 Å². The van der Waals surface area contributed by atoms with E-state index < -0.39 is 29.7 Å². The van der Waals surface area contributed by atoms with Gasteiger partial charge >= 0.3 is 6.18 Å². The Labute approximate surface area is 136 Å². The van der Waals surface area contributed by atoms with Gasteiger partial charge in [-0.05, 0) is 18.1 Å². The van der Waals surface area contributed by atoms with Crippen molar-refractivity contribution >= 4 is 0 Å². The Morgan fingerprint density at radius 2 is 1.38 bits per heavy atom. The fourth-order valence-corrected chi connectivity index (χ4v) is 3.59. The molecule has 2 aliphatic rings. The van der Waals surface area contributed by atoms with E-state index >= 15 is 0 Å². The van der Waals surface area contributed by atoms with Crippen molar-refractivity contribution in [3.8, 4) is 0 Å². The minimum atomic E-state index is -5.08. The summed E-state index contributed by atoms with van der Waals surface area (Å²) >= 11 is 0. The van der Waals surface area contributed by atoms with Crippen molar-refractivity contribution in [3.05, 3.63) is 34.9 Å². The van der Waals surface area contributed by atoms with Gasteiger partial charge in [0.2, 0.25) is 0 Å². The minimum Gasteiger partial charge on any atom is -0.348 e. The zero-order valence-electron chi connectivity index (χ0n) is 13.0. The first kappa shape index (κ1) is 17.6. The van der Waals surface area contributed by atoms with Gasteiger partial charge in [0.1, 0.15) is 17.2 Å². The summed E-state index contributed by atoms with van der Waals surface area (Å²) < 4.78 is 76.2. The lowest BCUT2D eigenvalue weighted by Crippen LogP contribution is -2.33. The molecule has 1 saturated carbocycles. The molecule has 2 fully saturated rings. The molecule has 3 rings (SSSR count). The second kappa shape index (κ2) is 6.96. The topological polar surface area (TPSA) is 18.5 Å². The average Bonchev–Trinajstić information content (AvgIpc) is 2.54. The second-order valence-corrected chi connectivity index (χ2v) is 6.51. The summed E-state index contributed by atoms with van der Waals surface area (Å²) in [5, 5.41) is 0. The molecule has 0 aromatic heterocycles. The van der Waals surface area contributed by atoms with Crippen LogP contribution in [0.3, 0.4) is 0 Å². The average molecular weight is 350 g/mol. The first-order valence-electron chi connectivity index (χ1n) is 8.15. The molecule has 1 aliphatic heterocycles. The highest BCUT2D eigenvalue weighted by molar-refractivity contribution is 5.29. The molecule has 1 aromatic carbocycles. The fourth-order valence-electron chi connectivity index (χ4n) is 3.59. The molecule has 0 N–H and O–H groups in total. The number of alkyl halides is 3. The molecular formula is C17H19F5O2. The van der Waals surface area contributed by atoms with Crippen LogP contribution in [0.5, 0.6) is 0 Å². The van der Waals surface area contributed by atoms with Gasteiger partial charge in [0.05, 0.1) is 13.2 Å². The van der Waals surface area contributed by atoms with Crippen molar-refractivity contribution in [2.45, 2.75) is 44.6 Å². The van der Waals surface area contributed by atoms with Gasteiger partial charge in [0, 0.05) is 11.5 Å². The van der Waals surface area contributed by atoms with Gasteiger partial charge in [0.25, 0.3) is 0 Å². The third-order valence-electron chi connectivity index (χ3n) is 4.86. The normalized spacial score (nSPS) is 26.5. The van der Waals surface area contributed by atoms with Crippen molar-refractivity contribution in [1.82, 2.24) is 0 Å². The van der Waals surface area contributed by atoms with Crippen molar-refractivity contribution in [3.63, 3.8) is 0 Å². The van der Waals surface area contributed by atoms with E-state index in [1.54, 1.807) is 0 Å². The van der Waals surface area contributed by atoms with Crippen LogP contribution in [0.4, 0.5) is 22.0 Å². The van der Waals surface area contributed by atoms with Crippen LogP contribution in [0.25, 0.3) is 0 Å². The summed E-state index contributed by atoms with van der Waals surface area (Å²) in [6.07, 6.45) is -0.280. The molecular weight excluding hydrogens is 331 g/mol. The highest BCUT2D eigenvalue weighted by atomic mass is 19.4. The predicted molar refractivity (Wildman–Crippen MR) is 76.1 cm³/mol. The zero-order valence-corrected chi connectivity index (χ0v) is 13.0. The molecule has 1 aliphatic carbocycles. The van der Waals surface area contributed by atoms with E-state index in [0.29, 0.717) is 31.3 Å². The Hall–Kier alpha value is -1.21. The van der Waals surface area contributed by atoms with E-state index in [4.69, 9.17) is 9.47 Å². The van der Waals surface area contributed by atoms with Gasteiger partial charge in [-0.1, -0.05) is 32.1 Å². The van der Waals surface area contributed by atoms with E-state index in [9.17, 15) is 22.0 Å². The quantitative estimate of drug-likeness (QED) is 0.681. The van der Waals surface area contributed by atoms with Gasteiger partial charge < -0.3 is 9.47 Å². The van der Waals surface area contributed by atoms with Crippen LogP contribution in [-0.2, 0) is 15.7 Å². The SMILES string of the molecule is Fc1cc(C2OCC(C3CCCCC3)CO2)cc(F)c1C(F)(F)F. The van der Waals surface area contributed by atoms with E-state index in [0.717, 1.165) is 12.8 Å². The largest absolute Gasteiger partial charge is 0.422 e. The maximum Gasteiger partial charge on any atom is 0.422 e. The Bertz CT molecular complexity index is 550. The van der Waals surface area contributed by atoms with Crippen molar-refractivity contribution in [2.75, 3.05) is 13.2 Å². The minimum absolute atomic E-state index is 0.0694. The van der Waals surface area contributed by atoms with E-state index in [1.165, 1.54) is 19.3 Å². The van der Waals surface area contributed by atoms with Gasteiger partial charge in [-0.3, -0.25) is 0 Å². The molecule has 0 bridgehead atoms. The summed E-state index contributed by atoms with van der Waals surface area (Å²) in [6, 6.07) is 1.27.